The monoisotopic (exact) mass is 308 g/mol. The average molecular weight is 308 g/mol. The van der Waals surface area contributed by atoms with Crippen molar-refractivity contribution in [2.24, 2.45) is 0 Å². The standard InChI is InChI=1S/C16H14F2O2S/c1-2-14(16(19)11-6-4-3-5-7-11)21(20)15-9-8-12(17)10-13(15)18/h3-10,14H,2H2,1H3. The van der Waals surface area contributed by atoms with Gasteiger partial charge in [-0.05, 0) is 18.6 Å². The number of halogens is 2. The topological polar surface area (TPSA) is 34.1 Å². The van der Waals surface area contributed by atoms with Crippen molar-refractivity contribution in [2.75, 3.05) is 0 Å². The number of ketones is 1. The highest BCUT2D eigenvalue weighted by Gasteiger charge is 2.27. The van der Waals surface area contributed by atoms with E-state index in [9.17, 15) is 17.8 Å². The lowest BCUT2D eigenvalue weighted by atomic mass is 10.1. The molecule has 110 valence electrons. The van der Waals surface area contributed by atoms with Gasteiger partial charge in [0.15, 0.2) is 5.78 Å². The Labute approximate surface area is 124 Å². The molecule has 2 nitrogen and oxygen atoms in total. The minimum atomic E-state index is -1.86. The van der Waals surface area contributed by atoms with Gasteiger partial charge in [-0.25, -0.2) is 8.78 Å². The van der Waals surface area contributed by atoms with Gasteiger partial charge in [0.2, 0.25) is 0 Å². The second-order valence-corrected chi connectivity index (χ2v) is 6.10. The molecular formula is C16H14F2O2S. The number of rotatable bonds is 5. The van der Waals surface area contributed by atoms with Crippen LogP contribution in [-0.2, 0) is 10.8 Å². The van der Waals surface area contributed by atoms with Crippen molar-refractivity contribution >= 4 is 16.6 Å². The van der Waals surface area contributed by atoms with Gasteiger partial charge in [-0.3, -0.25) is 9.00 Å². The Morgan fingerprint density at radius 1 is 1.14 bits per heavy atom. The fourth-order valence-electron chi connectivity index (χ4n) is 2.01. The van der Waals surface area contributed by atoms with Crippen molar-refractivity contribution in [1.82, 2.24) is 0 Å². The zero-order valence-electron chi connectivity index (χ0n) is 11.4. The van der Waals surface area contributed by atoms with E-state index in [4.69, 9.17) is 0 Å². The van der Waals surface area contributed by atoms with Crippen LogP contribution in [0.15, 0.2) is 53.4 Å². The molecule has 0 aliphatic heterocycles. The summed E-state index contributed by atoms with van der Waals surface area (Å²) in [5, 5.41) is -0.854. The van der Waals surface area contributed by atoms with E-state index < -0.39 is 27.7 Å². The van der Waals surface area contributed by atoms with Crippen LogP contribution in [0, 0.1) is 11.6 Å². The summed E-state index contributed by atoms with van der Waals surface area (Å²) in [5.74, 6) is -1.94. The predicted octanol–water partition coefficient (Wildman–Crippen LogP) is 3.73. The van der Waals surface area contributed by atoms with E-state index in [0.29, 0.717) is 18.1 Å². The highest BCUT2D eigenvalue weighted by molar-refractivity contribution is 7.86. The van der Waals surface area contributed by atoms with E-state index >= 15 is 0 Å². The maximum atomic E-state index is 13.7. The molecule has 0 aliphatic carbocycles. The fourth-order valence-corrected chi connectivity index (χ4v) is 3.41. The first-order valence-corrected chi connectivity index (χ1v) is 7.70. The van der Waals surface area contributed by atoms with E-state index in [2.05, 4.69) is 0 Å². The minimum Gasteiger partial charge on any atom is -0.293 e. The normalized spacial score (nSPS) is 13.7. The van der Waals surface area contributed by atoms with Crippen LogP contribution in [0.5, 0.6) is 0 Å². The Balaban J connectivity index is 2.33. The number of carbonyl (C=O) groups is 1. The molecule has 5 heteroatoms. The molecular weight excluding hydrogens is 294 g/mol. The summed E-state index contributed by atoms with van der Waals surface area (Å²) in [7, 11) is -1.86. The van der Waals surface area contributed by atoms with Gasteiger partial charge in [0.1, 0.15) is 16.9 Å². The number of carbonyl (C=O) groups excluding carboxylic acids is 1. The van der Waals surface area contributed by atoms with Gasteiger partial charge in [-0.1, -0.05) is 37.3 Å². The van der Waals surface area contributed by atoms with E-state index in [-0.39, 0.29) is 10.7 Å². The summed E-state index contributed by atoms with van der Waals surface area (Å²) in [6.07, 6.45) is 0.303. The van der Waals surface area contributed by atoms with Crippen molar-refractivity contribution < 1.29 is 17.8 Å². The van der Waals surface area contributed by atoms with Crippen molar-refractivity contribution in [2.45, 2.75) is 23.5 Å². The molecule has 0 saturated heterocycles. The summed E-state index contributed by atoms with van der Waals surface area (Å²) < 4.78 is 39.1. The fraction of sp³-hybridized carbons (Fsp3) is 0.188. The third-order valence-electron chi connectivity index (χ3n) is 3.09. The summed E-state index contributed by atoms with van der Waals surface area (Å²) in [6.45, 7) is 1.71. The summed E-state index contributed by atoms with van der Waals surface area (Å²) >= 11 is 0. The summed E-state index contributed by atoms with van der Waals surface area (Å²) in [4.78, 5) is 12.2. The molecule has 0 fully saturated rings. The molecule has 0 amide bonds. The lowest BCUT2D eigenvalue weighted by Gasteiger charge is -2.14. The van der Waals surface area contributed by atoms with Gasteiger partial charge >= 0.3 is 0 Å². The van der Waals surface area contributed by atoms with Gasteiger partial charge in [-0.15, -0.1) is 0 Å². The Hall–Kier alpha value is -1.88. The molecule has 2 aromatic carbocycles. The first kappa shape index (κ1) is 15.5. The summed E-state index contributed by atoms with van der Waals surface area (Å²) in [6, 6.07) is 11.3. The van der Waals surface area contributed by atoms with Crippen LogP contribution in [0.3, 0.4) is 0 Å². The molecule has 0 aromatic heterocycles. The Morgan fingerprint density at radius 3 is 2.38 bits per heavy atom. The summed E-state index contributed by atoms with van der Waals surface area (Å²) in [5.41, 5.74) is 0.431. The quantitative estimate of drug-likeness (QED) is 0.789. The highest BCUT2D eigenvalue weighted by atomic mass is 32.2. The Kier molecular flexibility index (Phi) is 4.96. The molecule has 21 heavy (non-hydrogen) atoms. The SMILES string of the molecule is CCC(C(=O)c1ccccc1)S(=O)c1ccc(F)cc1F. The molecule has 0 aliphatic rings. The second-order valence-electron chi connectivity index (χ2n) is 4.50. The van der Waals surface area contributed by atoms with Crippen molar-refractivity contribution in [1.29, 1.82) is 0 Å². The molecule has 2 aromatic rings. The first-order valence-electron chi connectivity index (χ1n) is 6.49. The smallest absolute Gasteiger partial charge is 0.178 e. The van der Waals surface area contributed by atoms with Crippen LogP contribution in [0.4, 0.5) is 8.78 Å². The van der Waals surface area contributed by atoms with Gasteiger partial charge < -0.3 is 0 Å². The molecule has 2 unspecified atom stereocenters. The Bertz CT molecular complexity index is 671. The zero-order valence-corrected chi connectivity index (χ0v) is 12.2. The first-order chi connectivity index (χ1) is 10.0. The van der Waals surface area contributed by atoms with Crippen LogP contribution in [0.1, 0.15) is 23.7 Å². The zero-order chi connectivity index (χ0) is 15.4. The van der Waals surface area contributed by atoms with Crippen LogP contribution < -0.4 is 0 Å². The molecule has 2 atom stereocenters. The Morgan fingerprint density at radius 2 is 1.81 bits per heavy atom. The lowest BCUT2D eigenvalue weighted by Crippen LogP contribution is -2.26. The predicted molar refractivity (Wildman–Crippen MR) is 77.6 cm³/mol. The van der Waals surface area contributed by atoms with Crippen molar-refractivity contribution in [3.63, 3.8) is 0 Å². The average Bonchev–Trinajstić information content (AvgIpc) is 2.48. The van der Waals surface area contributed by atoms with Gasteiger partial charge in [0.25, 0.3) is 0 Å². The molecule has 0 bridgehead atoms. The van der Waals surface area contributed by atoms with Gasteiger partial charge in [-0.2, -0.15) is 0 Å². The number of Topliss-reactive ketones (excluding diaryl/α,β-unsaturated/α-hetero) is 1. The molecule has 0 saturated carbocycles. The molecule has 0 radical (unpaired) electrons. The molecule has 2 rings (SSSR count). The maximum absolute atomic E-state index is 13.7. The van der Waals surface area contributed by atoms with E-state index in [0.717, 1.165) is 12.1 Å². The minimum absolute atomic E-state index is 0.146. The van der Waals surface area contributed by atoms with Crippen LogP contribution in [0.2, 0.25) is 0 Å². The van der Waals surface area contributed by atoms with Crippen LogP contribution in [0.25, 0.3) is 0 Å². The van der Waals surface area contributed by atoms with Crippen LogP contribution in [-0.4, -0.2) is 15.2 Å². The lowest BCUT2D eigenvalue weighted by molar-refractivity contribution is 0.0986. The van der Waals surface area contributed by atoms with E-state index in [1.165, 1.54) is 0 Å². The van der Waals surface area contributed by atoms with Gasteiger partial charge in [0.05, 0.1) is 15.7 Å². The molecule has 0 N–H and O–H groups in total. The van der Waals surface area contributed by atoms with Gasteiger partial charge in [0, 0.05) is 11.6 Å². The van der Waals surface area contributed by atoms with E-state index in [1.54, 1.807) is 37.3 Å². The number of hydrogen-bond donors (Lipinski definition) is 0. The van der Waals surface area contributed by atoms with Crippen LogP contribution >= 0.6 is 0 Å². The third kappa shape index (κ3) is 3.42. The largest absolute Gasteiger partial charge is 0.293 e. The maximum Gasteiger partial charge on any atom is 0.178 e. The van der Waals surface area contributed by atoms with E-state index in [1.807, 2.05) is 0 Å². The second kappa shape index (κ2) is 6.72. The molecule has 0 heterocycles. The number of hydrogen-bond acceptors (Lipinski definition) is 2. The molecule has 0 spiro atoms. The highest BCUT2D eigenvalue weighted by Crippen LogP contribution is 2.21. The number of benzene rings is 2. The third-order valence-corrected chi connectivity index (χ3v) is 4.92. The van der Waals surface area contributed by atoms with Crippen molar-refractivity contribution in [3.8, 4) is 0 Å². The van der Waals surface area contributed by atoms with Crippen molar-refractivity contribution in [3.05, 3.63) is 65.7 Å².